The average molecular weight is 333 g/mol. The number of carboxylic acids is 1. The molecule has 0 aromatic heterocycles. The highest BCUT2D eigenvalue weighted by atomic mass is 32.2. The molecule has 0 spiro atoms. The van der Waals surface area contributed by atoms with Crippen molar-refractivity contribution in [3.8, 4) is 0 Å². The van der Waals surface area contributed by atoms with Gasteiger partial charge in [-0.25, -0.2) is 17.9 Å². The van der Waals surface area contributed by atoms with Gasteiger partial charge in [-0.05, 0) is 30.9 Å². The van der Waals surface area contributed by atoms with Gasteiger partial charge in [0.05, 0.1) is 17.9 Å². The number of sulfonamides is 1. The van der Waals surface area contributed by atoms with Crippen molar-refractivity contribution in [3.63, 3.8) is 0 Å². The Morgan fingerprint density at radius 1 is 1.43 bits per heavy atom. The van der Waals surface area contributed by atoms with Gasteiger partial charge in [-0.15, -0.1) is 0 Å². The Labute approximate surface area is 128 Å². The number of aromatic carboxylic acids is 1. The number of rotatable bonds is 8. The third-order valence-electron chi connectivity index (χ3n) is 2.94. The van der Waals surface area contributed by atoms with Crippen molar-refractivity contribution in [1.29, 1.82) is 0 Å². The minimum atomic E-state index is -3.61. The Morgan fingerprint density at radius 3 is 2.62 bits per heavy atom. The van der Waals surface area contributed by atoms with Gasteiger partial charge in [0.1, 0.15) is 0 Å². The largest absolute Gasteiger partial charge is 0.478 e. The summed E-state index contributed by atoms with van der Waals surface area (Å²) in [5, 5.41) is 17.8. The first-order valence-corrected chi connectivity index (χ1v) is 9.19. The quantitative estimate of drug-likeness (QED) is 0.653. The summed E-state index contributed by atoms with van der Waals surface area (Å²) in [5.74, 6) is -1.40. The molecule has 1 rings (SSSR count). The highest BCUT2D eigenvalue weighted by Crippen LogP contribution is 2.13. The first-order valence-electron chi connectivity index (χ1n) is 6.25. The van der Waals surface area contributed by atoms with Gasteiger partial charge in [0.2, 0.25) is 10.0 Å². The number of aliphatic hydroxyl groups excluding tert-OH is 1. The molecule has 0 aliphatic heterocycles. The van der Waals surface area contributed by atoms with Gasteiger partial charge in [0.15, 0.2) is 0 Å². The standard InChI is InChI=1S/C13H19NO5S2/c1-9(12(7-15)20-2)14-21(18,19)8-10-4-3-5-11(6-10)13(16)17/h3-6,9,12,14-15H,7-8H2,1-2H3,(H,16,17). The Balaban J connectivity index is 2.81. The summed E-state index contributed by atoms with van der Waals surface area (Å²) < 4.78 is 26.7. The van der Waals surface area contributed by atoms with Gasteiger partial charge < -0.3 is 10.2 Å². The summed E-state index contributed by atoms with van der Waals surface area (Å²) in [6.45, 7) is 1.56. The molecule has 0 saturated carbocycles. The van der Waals surface area contributed by atoms with Gasteiger partial charge >= 0.3 is 5.97 Å². The fourth-order valence-corrected chi connectivity index (χ4v) is 4.00. The number of hydrogen-bond acceptors (Lipinski definition) is 5. The number of hydrogen-bond donors (Lipinski definition) is 3. The van der Waals surface area contributed by atoms with Crippen molar-refractivity contribution in [3.05, 3.63) is 35.4 Å². The molecule has 6 nitrogen and oxygen atoms in total. The monoisotopic (exact) mass is 333 g/mol. The molecule has 1 aromatic rings. The number of carbonyl (C=O) groups is 1. The fourth-order valence-electron chi connectivity index (χ4n) is 1.85. The maximum Gasteiger partial charge on any atom is 0.335 e. The van der Waals surface area contributed by atoms with Crippen LogP contribution in [0.1, 0.15) is 22.8 Å². The molecule has 21 heavy (non-hydrogen) atoms. The van der Waals surface area contributed by atoms with Crippen LogP contribution in [-0.2, 0) is 15.8 Å². The van der Waals surface area contributed by atoms with Crippen LogP contribution in [0.4, 0.5) is 0 Å². The minimum absolute atomic E-state index is 0.0492. The van der Waals surface area contributed by atoms with Crippen molar-refractivity contribution in [2.75, 3.05) is 12.9 Å². The molecule has 0 heterocycles. The molecule has 0 fully saturated rings. The maximum absolute atomic E-state index is 12.1. The lowest BCUT2D eigenvalue weighted by atomic mass is 10.1. The molecule has 0 bridgehead atoms. The van der Waals surface area contributed by atoms with Gasteiger partial charge in [0.25, 0.3) is 0 Å². The van der Waals surface area contributed by atoms with E-state index in [-0.39, 0.29) is 23.2 Å². The molecule has 2 atom stereocenters. The van der Waals surface area contributed by atoms with Crippen LogP contribution < -0.4 is 4.72 Å². The number of aliphatic hydroxyl groups is 1. The highest BCUT2D eigenvalue weighted by molar-refractivity contribution is 7.99. The zero-order valence-electron chi connectivity index (χ0n) is 11.8. The van der Waals surface area contributed by atoms with E-state index in [1.54, 1.807) is 19.2 Å². The summed E-state index contributed by atoms with van der Waals surface area (Å²) in [7, 11) is -3.61. The zero-order chi connectivity index (χ0) is 16.0. The van der Waals surface area contributed by atoms with E-state index < -0.39 is 22.0 Å². The number of benzene rings is 1. The van der Waals surface area contributed by atoms with E-state index in [4.69, 9.17) is 10.2 Å². The zero-order valence-corrected chi connectivity index (χ0v) is 13.4. The van der Waals surface area contributed by atoms with Crippen LogP contribution in [0.2, 0.25) is 0 Å². The number of carboxylic acid groups (broad SMARTS) is 1. The van der Waals surface area contributed by atoms with Gasteiger partial charge in [-0.2, -0.15) is 11.8 Å². The fraction of sp³-hybridized carbons (Fsp3) is 0.462. The normalized spacial score (nSPS) is 14.6. The van der Waals surface area contributed by atoms with Crippen LogP contribution in [0.25, 0.3) is 0 Å². The molecule has 3 N–H and O–H groups in total. The van der Waals surface area contributed by atoms with E-state index >= 15 is 0 Å². The van der Waals surface area contributed by atoms with Crippen LogP contribution in [0, 0.1) is 0 Å². The second-order valence-corrected chi connectivity index (χ2v) is 7.46. The van der Waals surface area contributed by atoms with E-state index in [0.717, 1.165) is 0 Å². The van der Waals surface area contributed by atoms with Crippen molar-refractivity contribution in [2.45, 2.75) is 24.0 Å². The third kappa shape index (κ3) is 5.66. The van der Waals surface area contributed by atoms with E-state index in [9.17, 15) is 13.2 Å². The predicted molar refractivity (Wildman–Crippen MR) is 83.0 cm³/mol. The molecular weight excluding hydrogens is 314 g/mol. The molecule has 118 valence electrons. The van der Waals surface area contributed by atoms with Crippen molar-refractivity contribution < 1.29 is 23.4 Å². The highest BCUT2D eigenvalue weighted by Gasteiger charge is 2.21. The summed E-state index contributed by atoms with van der Waals surface area (Å²) in [4.78, 5) is 10.9. The first kappa shape index (κ1) is 18.0. The average Bonchev–Trinajstić information content (AvgIpc) is 2.39. The Morgan fingerprint density at radius 2 is 2.10 bits per heavy atom. The summed E-state index contributed by atoms with van der Waals surface area (Å²) >= 11 is 1.38. The molecule has 0 aliphatic rings. The van der Waals surface area contributed by atoms with Gasteiger partial charge in [0, 0.05) is 11.3 Å². The van der Waals surface area contributed by atoms with Crippen LogP contribution in [0.15, 0.2) is 24.3 Å². The van der Waals surface area contributed by atoms with Crippen molar-refractivity contribution in [1.82, 2.24) is 4.72 Å². The van der Waals surface area contributed by atoms with E-state index in [2.05, 4.69) is 4.72 Å². The summed E-state index contributed by atoms with van der Waals surface area (Å²) in [5.41, 5.74) is 0.451. The topological polar surface area (TPSA) is 104 Å². The Bertz CT molecular complexity index is 584. The lowest BCUT2D eigenvalue weighted by molar-refractivity contribution is 0.0696. The number of thioether (sulfide) groups is 1. The van der Waals surface area contributed by atoms with Gasteiger partial charge in [-0.1, -0.05) is 12.1 Å². The second kappa shape index (κ2) is 7.79. The van der Waals surface area contributed by atoms with Gasteiger partial charge in [-0.3, -0.25) is 0 Å². The maximum atomic E-state index is 12.1. The minimum Gasteiger partial charge on any atom is -0.478 e. The second-order valence-electron chi connectivity index (χ2n) is 4.63. The Hall–Kier alpha value is -1.09. The van der Waals surface area contributed by atoms with Crippen LogP contribution in [0.3, 0.4) is 0 Å². The lowest BCUT2D eigenvalue weighted by Crippen LogP contribution is -2.41. The van der Waals surface area contributed by atoms with Crippen LogP contribution in [-0.4, -0.2) is 48.8 Å². The Kier molecular flexibility index (Phi) is 6.66. The molecule has 0 amide bonds. The SMILES string of the molecule is CSC(CO)C(C)NS(=O)(=O)Cc1cccc(C(=O)O)c1. The molecule has 0 aliphatic carbocycles. The van der Waals surface area contributed by atoms with Crippen molar-refractivity contribution in [2.24, 2.45) is 0 Å². The third-order valence-corrected chi connectivity index (χ3v) is 5.54. The molecule has 8 heteroatoms. The summed E-state index contributed by atoms with van der Waals surface area (Å²) in [6.07, 6.45) is 1.79. The smallest absolute Gasteiger partial charge is 0.335 e. The lowest BCUT2D eigenvalue weighted by Gasteiger charge is -2.21. The predicted octanol–water partition coefficient (Wildman–Crippen LogP) is 0.917. The van der Waals surface area contributed by atoms with Crippen LogP contribution >= 0.6 is 11.8 Å². The summed E-state index contributed by atoms with van der Waals surface area (Å²) in [6, 6.07) is 5.40. The molecule has 0 saturated heterocycles. The molecule has 1 aromatic carbocycles. The van der Waals surface area contributed by atoms with E-state index in [1.807, 2.05) is 0 Å². The van der Waals surface area contributed by atoms with E-state index in [0.29, 0.717) is 5.56 Å². The van der Waals surface area contributed by atoms with Crippen molar-refractivity contribution >= 4 is 27.8 Å². The number of nitrogens with one attached hydrogen (secondary N) is 1. The van der Waals surface area contributed by atoms with E-state index in [1.165, 1.54) is 30.0 Å². The molecule has 0 radical (unpaired) electrons. The van der Waals surface area contributed by atoms with Crippen LogP contribution in [0.5, 0.6) is 0 Å². The first-order chi connectivity index (χ1) is 9.79. The molecule has 2 unspecified atom stereocenters. The molecular formula is C13H19NO5S2.